The molecule has 0 N–H and O–H groups in total. The zero-order valence-corrected chi connectivity index (χ0v) is 29.1. The Bertz CT molecular complexity index is 2430. The van der Waals surface area contributed by atoms with Crippen LogP contribution in [0, 0.1) is 0 Å². The molecular formula is C49H40O. The third-order valence-corrected chi connectivity index (χ3v) is 9.97. The molecule has 0 spiro atoms. The molecule has 0 bridgehead atoms. The van der Waals surface area contributed by atoms with Crippen LogP contribution < -0.4 is 4.74 Å². The van der Waals surface area contributed by atoms with E-state index in [2.05, 4.69) is 178 Å². The Hall–Kier alpha value is -5.92. The first-order valence-electron chi connectivity index (χ1n) is 17.4. The Kier molecular flexibility index (Phi) is 8.05. The predicted molar refractivity (Wildman–Crippen MR) is 214 cm³/mol. The summed E-state index contributed by atoms with van der Waals surface area (Å²) in [7, 11) is 1.71. The molecule has 0 saturated heterocycles. The van der Waals surface area contributed by atoms with Crippen molar-refractivity contribution in [2.45, 2.75) is 26.2 Å². The first-order chi connectivity index (χ1) is 24.4. The molecule has 0 amide bonds. The van der Waals surface area contributed by atoms with E-state index in [1.807, 2.05) is 12.1 Å². The summed E-state index contributed by atoms with van der Waals surface area (Å²) in [6.45, 7) is 6.90. The highest BCUT2D eigenvalue weighted by Gasteiger charge is 2.21. The molecule has 0 aromatic heterocycles. The molecule has 0 atom stereocenters. The summed E-state index contributed by atoms with van der Waals surface area (Å²) in [6.07, 6.45) is 0. The third kappa shape index (κ3) is 5.86. The SMILES string of the molecule is COc1ccc(-c2ccc3c(-c4ccc(-c5ccccc5)cc4)c4cc(C(C)(C)C)ccc4c(-c4ccc(-c5ccccc5)cc4)c3c2)cc1. The molecule has 0 heterocycles. The van der Waals surface area contributed by atoms with Gasteiger partial charge in [-0.2, -0.15) is 0 Å². The Morgan fingerprint density at radius 1 is 0.340 bits per heavy atom. The molecule has 242 valence electrons. The maximum Gasteiger partial charge on any atom is 0.118 e. The van der Waals surface area contributed by atoms with Crippen molar-refractivity contribution < 1.29 is 4.74 Å². The molecule has 8 aromatic carbocycles. The first-order valence-corrected chi connectivity index (χ1v) is 17.4. The molecule has 1 heteroatoms. The van der Waals surface area contributed by atoms with Gasteiger partial charge >= 0.3 is 0 Å². The quantitative estimate of drug-likeness (QED) is 0.164. The van der Waals surface area contributed by atoms with Gasteiger partial charge in [0.1, 0.15) is 5.75 Å². The Morgan fingerprint density at radius 3 is 1.20 bits per heavy atom. The van der Waals surface area contributed by atoms with E-state index in [1.54, 1.807) is 7.11 Å². The predicted octanol–water partition coefficient (Wildman–Crippen LogP) is 13.6. The van der Waals surface area contributed by atoms with Gasteiger partial charge < -0.3 is 4.74 Å². The average molecular weight is 645 g/mol. The molecule has 0 unspecified atom stereocenters. The summed E-state index contributed by atoms with van der Waals surface area (Å²) in [5.74, 6) is 0.857. The number of fused-ring (bicyclic) bond motifs is 2. The average Bonchev–Trinajstić information content (AvgIpc) is 3.17. The molecule has 1 nitrogen and oxygen atoms in total. The molecule has 0 saturated carbocycles. The monoisotopic (exact) mass is 644 g/mol. The van der Waals surface area contributed by atoms with E-state index in [0.29, 0.717) is 0 Å². The molecule has 0 aliphatic carbocycles. The van der Waals surface area contributed by atoms with Gasteiger partial charge in [-0.25, -0.2) is 0 Å². The highest BCUT2D eigenvalue weighted by atomic mass is 16.5. The van der Waals surface area contributed by atoms with Crippen molar-refractivity contribution in [3.63, 3.8) is 0 Å². The third-order valence-electron chi connectivity index (χ3n) is 9.97. The van der Waals surface area contributed by atoms with Gasteiger partial charge in [0.2, 0.25) is 0 Å². The van der Waals surface area contributed by atoms with E-state index >= 15 is 0 Å². The van der Waals surface area contributed by atoms with Crippen LogP contribution in [0.2, 0.25) is 0 Å². The molecule has 8 aromatic rings. The van der Waals surface area contributed by atoms with Crippen molar-refractivity contribution in [1.82, 2.24) is 0 Å². The van der Waals surface area contributed by atoms with E-state index in [-0.39, 0.29) is 5.41 Å². The van der Waals surface area contributed by atoms with E-state index in [1.165, 1.54) is 77.2 Å². The maximum absolute atomic E-state index is 5.48. The van der Waals surface area contributed by atoms with Crippen molar-refractivity contribution in [3.05, 3.63) is 175 Å². The minimum atomic E-state index is 0.00724. The second-order valence-corrected chi connectivity index (χ2v) is 14.1. The summed E-state index contributed by atoms with van der Waals surface area (Å²) < 4.78 is 5.48. The number of benzene rings is 8. The van der Waals surface area contributed by atoms with E-state index in [9.17, 15) is 0 Å². The number of ether oxygens (including phenoxy) is 1. The van der Waals surface area contributed by atoms with E-state index in [4.69, 9.17) is 4.74 Å². The summed E-state index contributed by atoms with van der Waals surface area (Å²) in [4.78, 5) is 0. The van der Waals surface area contributed by atoms with Crippen molar-refractivity contribution >= 4 is 21.5 Å². The van der Waals surface area contributed by atoms with Gasteiger partial charge in [0.15, 0.2) is 0 Å². The molecule has 0 fully saturated rings. The van der Waals surface area contributed by atoms with E-state index in [0.717, 1.165) is 11.3 Å². The fraction of sp³-hybridized carbons (Fsp3) is 0.102. The smallest absolute Gasteiger partial charge is 0.118 e. The van der Waals surface area contributed by atoms with Crippen LogP contribution in [0.4, 0.5) is 0 Å². The number of rotatable bonds is 6. The van der Waals surface area contributed by atoms with Gasteiger partial charge in [-0.15, -0.1) is 0 Å². The highest BCUT2D eigenvalue weighted by Crippen LogP contribution is 2.46. The van der Waals surface area contributed by atoms with Crippen LogP contribution in [-0.4, -0.2) is 7.11 Å². The van der Waals surface area contributed by atoms with Crippen molar-refractivity contribution in [2.75, 3.05) is 7.11 Å². The summed E-state index contributed by atoms with van der Waals surface area (Å²) in [6, 6.07) is 61.9. The largest absolute Gasteiger partial charge is 0.497 e. The lowest BCUT2D eigenvalue weighted by Crippen LogP contribution is -2.10. The number of hydrogen-bond donors (Lipinski definition) is 0. The van der Waals surface area contributed by atoms with Gasteiger partial charge in [0.05, 0.1) is 7.11 Å². The van der Waals surface area contributed by atoms with Crippen molar-refractivity contribution in [1.29, 1.82) is 0 Å². The van der Waals surface area contributed by atoms with Crippen LogP contribution >= 0.6 is 0 Å². The Labute approximate surface area is 295 Å². The first kappa shape index (κ1) is 31.4. The molecular weight excluding hydrogens is 605 g/mol. The van der Waals surface area contributed by atoms with Gasteiger partial charge in [-0.05, 0) is 112 Å². The molecule has 50 heavy (non-hydrogen) atoms. The lowest BCUT2D eigenvalue weighted by atomic mass is 9.80. The van der Waals surface area contributed by atoms with Crippen LogP contribution in [0.15, 0.2) is 170 Å². The summed E-state index contributed by atoms with van der Waals surface area (Å²) in [5.41, 5.74) is 13.5. The number of methoxy groups -OCH3 is 1. The zero-order valence-electron chi connectivity index (χ0n) is 29.1. The number of hydrogen-bond acceptors (Lipinski definition) is 1. The molecule has 8 rings (SSSR count). The normalized spacial score (nSPS) is 11.6. The van der Waals surface area contributed by atoms with Crippen LogP contribution in [0.5, 0.6) is 5.75 Å². The van der Waals surface area contributed by atoms with Gasteiger partial charge in [-0.3, -0.25) is 0 Å². The van der Waals surface area contributed by atoms with Crippen LogP contribution in [0.3, 0.4) is 0 Å². The maximum atomic E-state index is 5.48. The second kappa shape index (κ2) is 12.8. The second-order valence-electron chi connectivity index (χ2n) is 14.1. The fourth-order valence-electron chi connectivity index (χ4n) is 7.20. The lowest BCUT2D eigenvalue weighted by Gasteiger charge is -2.23. The van der Waals surface area contributed by atoms with Crippen molar-refractivity contribution in [2.24, 2.45) is 0 Å². The van der Waals surface area contributed by atoms with Crippen LogP contribution in [0.25, 0.3) is 77.2 Å². The zero-order chi connectivity index (χ0) is 34.2. The van der Waals surface area contributed by atoms with Gasteiger partial charge in [0.25, 0.3) is 0 Å². The summed E-state index contributed by atoms with van der Waals surface area (Å²) in [5, 5.41) is 5.02. The fourth-order valence-corrected chi connectivity index (χ4v) is 7.20. The summed E-state index contributed by atoms with van der Waals surface area (Å²) >= 11 is 0. The Balaban J connectivity index is 1.42. The van der Waals surface area contributed by atoms with Crippen molar-refractivity contribution in [3.8, 4) is 61.4 Å². The molecule has 0 radical (unpaired) electrons. The van der Waals surface area contributed by atoms with Crippen LogP contribution in [0.1, 0.15) is 26.3 Å². The van der Waals surface area contributed by atoms with Gasteiger partial charge in [-0.1, -0.05) is 166 Å². The lowest BCUT2D eigenvalue weighted by molar-refractivity contribution is 0.415. The van der Waals surface area contributed by atoms with Crippen LogP contribution in [-0.2, 0) is 5.41 Å². The molecule has 0 aliphatic rings. The topological polar surface area (TPSA) is 9.23 Å². The molecule has 0 aliphatic heterocycles. The standard InChI is InChI=1S/C49H40O/c1-49(2,3)41-26-30-44-46(32-41)48(39-21-17-36(18-22-39)34-13-9-6-10-14-34)43-29-25-40(37-23-27-42(50-4)28-24-37)31-45(43)47(44)38-19-15-35(16-20-38)33-11-7-5-8-12-33/h5-32H,1-4H3. The minimum Gasteiger partial charge on any atom is -0.497 e. The highest BCUT2D eigenvalue weighted by molar-refractivity contribution is 6.22. The van der Waals surface area contributed by atoms with E-state index < -0.39 is 0 Å². The Morgan fingerprint density at radius 2 is 0.720 bits per heavy atom. The minimum absolute atomic E-state index is 0.00724. The van der Waals surface area contributed by atoms with Gasteiger partial charge in [0, 0.05) is 0 Å².